The van der Waals surface area contributed by atoms with Crippen LogP contribution in [-0.2, 0) is 19.6 Å². The summed E-state index contributed by atoms with van der Waals surface area (Å²) >= 11 is 5.88. The van der Waals surface area contributed by atoms with E-state index in [0.717, 1.165) is 9.87 Å². The molecule has 0 heterocycles. The lowest BCUT2D eigenvalue weighted by molar-refractivity contribution is -0.145. The number of esters is 1. The lowest BCUT2D eigenvalue weighted by Gasteiger charge is -2.24. The molecule has 0 N–H and O–H groups in total. The van der Waals surface area contributed by atoms with Crippen molar-refractivity contribution in [1.29, 1.82) is 0 Å². The van der Waals surface area contributed by atoms with E-state index in [4.69, 9.17) is 16.3 Å². The Bertz CT molecular complexity index is 830. The van der Waals surface area contributed by atoms with Crippen LogP contribution < -0.4 is 4.31 Å². The zero-order chi connectivity index (χ0) is 18.6. The number of hydrogen-bond acceptors (Lipinski definition) is 4. The Hall–Kier alpha value is -2.05. The maximum Gasteiger partial charge on any atom is 0.327 e. The summed E-state index contributed by atoms with van der Waals surface area (Å²) in [7, 11) is -3.93. The van der Waals surface area contributed by atoms with Gasteiger partial charge in [0, 0.05) is 5.02 Å². The van der Waals surface area contributed by atoms with Gasteiger partial charge in [0.25, 0.3) is 10.0 Å². The van der Waals surface area contributed by atoms with E-state index in [1.807, 2.05) is 6.92 Å². The third-order valence-electron chi connectivity index (χ3n) is 3.36. The molecule has 0 spiro atoms. The van der Waals surface area contributed by atoms with E-state index in [-0.39, 0.29) is 11.0 Å². The summed E-state index contributed by atoms with van der Waals surface area (Å²) < 4.78 is 32.2. The van der Waals surface area contributed by atoms with Gasteiger partial charge in [0.05, 0.1) is 16.7 Å². The summed E-state index contributed by atoms with van der Waals surface area (Å²) in [4.78, 5) is 12.2. The molecule has 0 radical (unpaired) electrons. The quantitative estimate of drug-likeness (QED) is 0.714. The molecule has 2 aromatic rings. The fourth-order valence-electron chi connectivity index (χ4n) is 2.18. The summed E-state index contributed by atoms with van der Waals surface area (Å²) in [5.74, 6) is -0.624. The van der Waals surface area contributed by atoms with Crippen LogP contribution in [0.25, 0.3) is 0 Å². The van der Waals surface area contributed by atoms with E-state index in [1.165, 1.54) is 12.1 Å². The first kappa shape index (κ1) is 19.3. The minimum Gasteiger partial charge on any atom is -0.462 e. The molecule has 0 aliphatic heterocycles. The van der Waals surface area contributed by atoms with Crippen molar-refractivity contribution in [3.8, 4) is 0 Å². The Morgan fingerprint density at radius 2 is 1.64 bits per heavy atom. The van der Waals surface area contributed by atoms with Crippen LogP contribution in [0.5, 0.6) is 0 Å². The molecule has 2 rings (SSSR count). The van der Waals surface area contributed by atoms with Gasteiger partial charge in [0.1, 0.15) is 6.54 Å². The van der Waals surface area contributed by atoms with Gasteiger partial charge < -0.3 is 4.74 Å². The average Bonchev–Trinajstić information content (AvgIpc) is 2.53. The predicted molar refractivity (Wildman–Crippen MR) is 98.4 cm³/mol. The van der Waals surface area contributed by atoms with Crippen molar-refractivity contribution in [3.63, 3.8) is 0 Å². The highest BCUT2D eigenvalue weighted by Crippen LogP contribution is 2.25. The Morgan fingerprint density at radius 3 is 2.16 bits per heavy atom. The maximum absolute atomic E-state index is 13.0. The Balaban J connectivity index is 2.44. The minimum atomic E-state index is -3.93. The van der Waals surface area contributed by atoms with E-state index in [1.54, 1.807) is 50.2 Å². The number of carbonyl (C=O) groups is 1. The average molecular weight is 382 g/mol. The zero-order valence-electron chi connectivity index (χ0n) is 14.3. The lowest BCUT2D eigenvalue weighted by atomic mass is 10.2. The zero-order valence-corrected chi connectivity index (χ0v) is 15.8. The van der Waals surface area contributed by atoms with Crippen molar-refractivity contribution < 1.29 is 17.9 Å². The number of rotatable bonds is 6. The standard InChI is InChI=1S/C18H20ClNO4S/c1-13(2)24-18(21)12-20(16-8-6-15(19)7-9-16)25(22,23)17-10-4-14(3)5-11-17/h4-11,13H,12H2,1-3H3. The van der Waals surface area contributed by atoms with Gasteiger partial charge in [-0.2, -0.15) is 0 Å². The predicted octanol–water partition coefficient (Wildman–Crippen LogP) is 3.80. The first-order valence-electron chi connectivity index (χ1n) is 7.74. The molecule has 0 atom stereocenters. The molecular weight excluding hydrogens is 362 g/mol. The first-order valence-corrected chi connectivity index (χ1v) is 9.56. The molecule has 0 fully saturated rings. The van der Waals surface area contributed by atoms with Crippen LogP contribution in [0.15, 0.2) is 53.4 Å². The normalized spacial score (nSPS) is 11.4. The summed E-state index contributed by atoms with van der Waals surface area (Å²) in [6.45, 7) is 4.86. The van der Waals surface area contributed by atoms with Crippen molar-refractivity contribution in [2.45, 2.75) is 31.8 Å². The summed E-state index contributed by atoms with van der Waals surface area (Å²) in [6, 6.07) is 12.7. The van der Waals surface area contributed by atoms with E-state index in [9.17, 15) is 13.2 Å². The van der Waals surface area contributed by atoms with Crippen LogP contribution in [0.3, 0.4) is 0 Å². The van der Waals surface area contributed by atoms with Crippen LogP contribution >= 0.6 is 11.6 Å². The van der Waals surface area contributed by atoms with Gasteiger partial charge in [0.2, 0.25) is 0 Å². The molecule has 0 bridgehead atoms. The molecule has 0 aliphatic carbocycles. The number of sulfonamides is 1. The van der Waals surface area contributed by atoms with Crippen molar-refractivity contribution in [1.82, 2.24) is 0 Å². The molecule has 2 aromatic carbocycles. The number of anilines is 1. The molecule has 0 aromatic heterocycles. The van der Waals surface area contributed by atoms with Gasteiger partial charge in [-0.3, -0.25) is 9.10 Å². The molecule has 134 valence electrons. The number of nitrogens with zero attached hydrogens (tertiary/aromatic N) is 1. The van der Waals surface area contributed by atoms with E-state index in [0.29, 0.717) is 10.7 Å². The van der Waals surface area contributed by atoms with Gasteiger partial charge in [0.15, 0.2) is 0 Å². The van der Waals surface area contributed by atoms with Crippen LogP contribution in [0.4, 0.5) is 5.69 Å². The van der Waals surface area contributed by atoms with Crippen LogP contribution in [0.2, 0.25) is 5.02 Å². The van der Waals surface area contributed by atoms with Gasteiger partial charge in [-0.15, -0.1) is 0 Å². The van der Waals surface area contributed by atoms with Crippen molar-refractivity contribution >= 4 is 33.3 Å². The smallest absolute Gasteiger partial charge is 0.327 e. The fourth-order valence-corrected chi connectivity index (χ4v) is 3.71. The monoisotopic (exact) mass is 381 g/mol. The second-order valence-electron chi connectivity index (χ2n) is 5.84. The number of aryl methyl sites for hydroxylation is 1. The number of halogens is 1. The lowest BCUT2D eigenvalue weighted by Crippen LogP contribution is -2.37. The highest BCUT2D eigenvalue weighted by molar-refractivity contribution is 7.92. The second-order valence-corrected chi connectivity index (χ2v) is 8.14. The Morgan fingerprint density at radius 1 is 1.08 bits per heavy atom. The van der Waals surface area contributed by atoms with Gasteiger partial charge in [-0.05, 0) is 57.2 Å². The Kier molecular flexibility index (Phi) is 6.08. The maximum atomic E-state index is 13.0. The van der Waals surface area contributed by atoms with E-state index < -0.39 is 22.5 Å². The second kappa shape index (κ2) is 7.89. The minimum absolute atomic E-state index is 0.102. The van der Waals surface area contributed by atoms with Crippen molar-refractivity contribution in [3.05, 3.63) is 59.1 Å². The molecule has 25 heavy (non-hydrogen) atoms. The summed E-state index contributed by atoms with van der Waals surface area (Å²) in [6.07, 6.45) is -0.332. The van der Waals surface area contributed by atoms with Crippen molar-refractivity contribution in [2.75, 3.05) is 10.8 Å². The van der Waals surface area contributed by atoms with Gasteiger partial charge in [-0.1, -0.05) is 29.3 Å². The highest BCUT2D eigenvalue weighted by Gasteiger charge is 2.28. The molecule has 0 saturated heterocycles. The molecular formula is C18H20ClNO4S. The summed E-state index contributed by atoms with van der Waals surface area (Å²) in [5.41, 5.74) is 1.28. The molecule has 5 nitrogen and oxygen atoms in total. The highest BCUT2D eigenvalue weighted by atomic mass is 35.5. The Labute approximate surface area is 153 Å². The van der Waals surface area contributed by atoms with Crippen LogP contribution in [0.1, 0.15) is 19.4 Å². The molecule has 0 aliphatic rings. The van der Waals surface area contributed by atoms with E-state index >= 15 is 0 Å². The van der Waals surface area contributed by atoms with Crippen LogP contribution in [0, 0.1) is 6.92 Å². The van der Waals surface area contributed by atoms with E-state index in [2.05, 4.69) is 0 Å². The fraction of sp³-hybridized carbons (Fsp3) is 0.278. The largest absolute Gasteiger partial charge is 0.462 e. The molecule has 0 saturated carbocycles. The number of hydrogen-bond donors (Lipinski definition) is 0. The molecule has 0 amide bonds. The molecule has 7 heteroatoms. The molecule has 0 unspecified atom stereocenters. The van der Waals surface area contributed by atoms with Gasteiger partial charge >= 0.3 is 5.97 Å². The topological polar surface area (TPSA) is 63.7 Å². The van der Waals surface area contributed by atoms with Crippen LogP contribution in [-0.4, -0.2) is 27.0 Å². The van der Waals surface area contributed by atoms with Gasteiger partial charge in [-0.25, -0.2) is 8.42 Å². The summed E-state index contributed by atoms with van der Waals surface area (Å²) in [5, 5.41) is 0.473. The third kappa shape index (κ3) is 4.96. The number of benzene rings is 2. The number of carbonyl (C=O) groups excluding carboxylic acids is 1. The first-order chi connectivity index (χ1) is 11.7. The van der Waals surface area contributed by atoms with Crippen molar-refractivity contribution in [2.24, 2.45) is 0 Å². The third-order valence-corrected chi connectivity index (χ3v) is 5.40. The number of ether oxygens (including phenoxy) is 1. The SMILES string of the molecule is Cc1ccc(S(=O)(=O)N(CC(=O)OC(C)C)c2ccc(Cl)cc2)cc1.